The van der Waals surface area contributed by atoms with E-state index >= 15 is 0 Å². The molecule has 0 bridgehead atoms. The molecule has 0 amide bonds. The van der Waals surface area contributed by atoms with E-state index in [2.05, 4.69) is 47.5 Å². The Morgan fingerprint density at radius 2 is 1.93 bits per heavy atom. The molecule has 1 unspecified atom stereocenters. The van der Waals surface area contributed by atoms with Crippen molar-refractivity contribution in [1.29, 1.82) is 0 Å². The molecule has 1 N–H and O–H groups in total. The molecule has 1 saturated heterocycles. The van der Waals surface area contributed by atoms with Crippen molar-refractivity contribution in [2.45, 2.75) is 39.2 Å². The Bertz CT molecular complexity index is 806. The highest BCUT2D eigenvalue weighted by molar-refractivity contribution is 14.0. The first-order valence-electron chi connectivity index (χ1n) is 10.5. The largest absolute Gasteiger partial charge is 0.357 e. The Balaban J connectivity index is 0.00000300. The van der Waals surface area contributed by atoms with Gasteiger partial charge < -0.3 is 14.8 Å². The van der Waals surface area contributed by atoms with Gasteiger partial charge in [-0.05, 0) is 50.2 Å². The molecule has 5 nitrogen and oxygen atoms in total. The zero-order chi connectivity index (χ0) is 19.6. The monoisotopic (exact) mass is 508 g/mol. The molecule has 29 heavy (non-hydrogen) atoms. The third-order valence-corrected chi connectivity index (χ3v) is 5.26. The molecular formula is C23H33IN4O. The summed E-state index contributed by atoms with van der Waals surface area (Å²) in [6.45, 7) is 6.70. The third kappa shape index (κ3) is 7.49. The SMILES string of the molecule is CCNC(=NCCCCn1ccccc1=O)N1CCC(Cc2ccccc2)C1.I. The molecule has 0 aliphatic carbocycles. The number of nitrogens with zero attached hydrogens (tertiary/aromatic N) is 3. The Morgan fingerprint density at radius 1 is 1.14 bits per heavy atom. The lowest BCUT2D eigenvalue weighted by atomic mass is 9.99. The normalized spacial score (nSPS) is 16.5. The summed E-state index contributed by atoms with van der Waals surface area (Å²) in [6.07, 6.45) is 6.16. The summed E-state index contributed by atoms with van der Waals surface area (Å²) in [5, 5.41) is 3.45. The number of halogens is 1. The number of guanidine groups is 1. The summed E-state index contributed by atoms with van der Waals surface area (Å²) in [6, 6.07) is 16.1. The van der Waals surface area contributed by atoms with Gasteiger partial charge in [0.05, 0.1) is 0 Å². The molecule has 0 saturated carbocycles. The van der Waals surface area contributed by atoms with Gasteiger partial charge in [0, 0.05) is 45.0 Å². The summed E-state index contributed by atoms with van der Waals surface area (Å²) in [4.78, 5) is 19.0. The van der Waals surface area contributed by atoms with Gasteiger partial charge in [-0.2, -0.15) is 0 Å². The lowest BCUT2D eigenvalue weighted by Gasteiger charge is -2.21. The van der Waals surface area contributed by atoms with E-state index in [1.165, 1.54) is 12.0 Å². The van der Waals surface area contributed by atoms with Crippen LogP contribution in [-0.4, -0.2) is 41.6 Å². The lowest BCUT2D eigenvalue weighted by Crippen LogP contribution is -2.40. The number of hydrogen-bond donors (Lipinski definition) is 1. The quantitative estimate of drug-likeness (QED) is 0.256. The molecule has 0 spiro atoms. The van der Waals surface area contributed by atoms with Crippen LogP contribution in [0.25, 0.3) is 0 Å². The smallest absolute Gasteiger partial charge is 0.250 e. The van der Waals surface area contributed by atoms with Gasteiger partial charge in [-0.3, -0.25) is 9.79 Å². The number of nitrogens with one attached hydrogen (secondary N) is 1. The number of aromatic nitrogens is 1. The van der Waals surface area contributed by atoms with Gasteiger partial charge in [-0.25, -0.2) is 0 Å². The van der Waals surface area contributed by atoms with E-state index in [1.54, 1.807) is 16.7 Å². The van der Waals surface area contributed by atoms with Crippen LogP contribution in [0.5, 0.6) is 0 Å². The fraction of sp³-hybridized carbons (Fsp3) is 0.478. The van der Waals surface area contributed by atoms with Gasteiger partial charge in [0.1, 0.15) is 0 Å². The lowest BCUT2D eigenvalue weighted by molar-refractivity contribution is 0.459. The van der Waals surface area contributed by atoms with E-state index in [1.807, 2.05) is 12.3 Å². The first kappa shape index (κ1) is 23.4. The minimum Gasteiger partial charge on any atom is -0.357 e. The van der Waals surface area contributed by atoms with Crippen LogP contribution in [0, 0.1) is 5.92 Å². The van der Waals surface area contributed by atoms with Gasteiger partial charge in [-0.15, -0.1) is 24.0 Å². The maximum Gasteiger partial charge on any atom is 0.250 e. The average molecular weight is 508 g/mol. The van der Waals surface area contributed by atoms with Crippen molar-refractivity contribution in [3.63, 3.8) is 0 Å². The van der Waals surface area contributed by atoms with E-state index in [-0.39, 0.29) is 29.5 Å². The molecule has 0 radical (unpaired) electrons. The van der Waals surface area contributed by atoms with Crippen LogP contribution >= 0.6 is 24.0 Å². The maximum absolute atomic E-state index is 11.7. The molecule has 3 rings (SSSR count). The van der Waals surface area contributed by atoms with Crippen LogP contribution in [0.15, 0.2) is 64.5 Å². The fourth-order valence-electron chi connectivity index (χ4n) is 3.79. The molecule has 2 aromatic rings. The third-order valence-electron chi connectivity index (χ3n) is 5.26. The number of pyridine rings is 1. The number of rotatable bonds is 8. The minimum atomic E-state index is 0. The van der Waals surface area contributed by atoms with E-state index in [4.69, 9.17) is 4.99 Å². The van der Waals surface area contributed by atoms with Crippen molar-refractivity contribution >= 4 is 29.9 Å². The van der Waals surface area contributed by atoms with Crippen molar-refractivity contribution in [2.24, 2.45) is 10.9 Å². The van der Waals surface area contributed by atoms with Gasteiger partial charge in [0.2, 0.25) is 5.56 Å². The van der Waals surface area contributed by atoms with E-state index in [0.717, 1.165) is 57.9 Å². The first-order chi connectivity index (χ1) is 13.8. The topological polar surface area (TPSA) is 49.6 Å². The molecule has 1 aromatic carbocycles. The number of likely N-dealkylation sites (tertiary alicyclic amines) is 1. The molecule has 2 heterocycles. The Labute approximate surface area is 191 Å². The second kappa shape index (κ2) is 12.7. The molecule has 6 heteroatoms. The number of aliphatic imine (C=N–C) groups is 1. The van der Waals surface area contributed by atoms with Crippen LogP contribution in [0.4, 0.5) is 0 Å². The highest BCUT2D eigenvalue weighted by atomic mass is 127. The molecule has 1 aliphatic rings. The summed E-state index contributed by atoms with van der Waals surface area (Å²) >= 11 is 0. The Morgan fingerprint density at radius 3 is 2.69 bits per heavy atom. The van der Waals surface area contributed by atoms with Crippen molar-refractivity contribution in [1.82, 2.24) is 14.8 Å². The summed E-state index contributed by atoms with van der Waals surface area (Å²) in [5.74, 6) is 1.73. The standard InChI is InChI=1S/C23H32N4O.HI/c1-2-24-23(25-14-7-9-16-26-15-8-6-12-22(26)28)27-17-13-21(19-27)18-20-10-4-3-5-11-20;/h3-6,8,10-12,15,21H,2,7,9,13-14,16-19H2,1H3,(H,24,25);1H. The fourth-order valence-corrected chi connectivity index (χ4v) is 3.79. The van der Waals surface area contributed by atoms with Crippen molar-refractivity contribution in [3.05, 3.63) is 70.6 Å². The summed E-state index contributed by atoms with van der Waals surface area (Å²) in [5.41, 5.74) is 1.49. The van der Waals surface area contributed by atoms with Crippen molar-refractivity contribution < 1.29 is 0 Å². The van der Waals surface area contributed by atoms with Crippen molar-refractivity contribution in [2.75, 3.05) is 26.2 Å². The minimum absolute atomic E-state index is 0. The van der Waals surface area contributed by atoms with Gasteiger partial charge >= 0.3 is 0 Å². The van der Waals surface area contributed by atoms with Crippen LogP contribution in [0.3, 0.4) is 0 Å². The van der Waals surface area contributed by atoms with E-state index in [0.29, 0.717) is 5.92 Å². The van der Waals surface area contributed by atoms with Crippen LogP contribution in [-0.2, 0) is 13.0 Å². The van der Waals surface area contributed by atoms with Gasteiger partial charge in [0.25, 0.3) is 0 Å². The first-order valence-corrected chi connectivity index (χ1v) is 10.5. The number of aryl methyl sites for hydroxylation is 1. The average Bonchev–Trinajstić information content (AvgIpc) is 3.17. The van der Waals surface area contributed by atoms with E-state index in [9.17, 15) is 4.79 Å². The Hall–Kier alpha value is -1.83. The van der Waals surface area contributed by atoms with Gasteiger partial charge in [-0.1, -0.05) is 36.4 Å². The molecule has 1 atom stereocenters. The highest BCUT2D eigenvalue weighted by Gasteiger charge is 2.24. The van der Waals surface area contributed by atoms with Crippen LogP contribution in [0.2, 0.25) is 0 Å². The van der Waals surface area contributed by atoms with Crippen LogP contribution < -0.4 is 10.9 Å². The van der Waals surface area contributed by atoms with Crippen molar-refractivity contribution in [3.8, 4) is 0 Å². The predicted octanol–water partition coefficient (Wildman–Crippen LogP) is 3.78. The number of unbranched alkanes of at least 4 members (excludes halogenated alkanes) is 1. The zero-order valence-corrected chi connectivity index (χ0v) is 19.6. The van der Waals surface area contributed by atoms with Crippen LogP contribution in [0.1, 0.15) is 31.7 Å². The number of benzene rings is 1. The summed E-state index contributed by atoms with van der Waals surface area (Å²) in [7, 11) is 0. The molecule has 1 fully saturated rings. The predicted molar refractivity (Wildman–Crippen MR) is 131 cm³/mol. The number of hydrogen-bond acceptors (Lipinski definition) is 2. The van der Waals surface area contributed by atoms with E-state index < -0.39 is 0 Å². The van der Waals surface area contributed by atoms with Gasteiger partial charge in [0.15, 0.2) is 5.96 Å². The summed E-state index contributed by atoms with van der Waals surface area (Å²) < 4.78 is 1.77. The molecule has 1 aromatic heterocycles. The second-order valence-electron chi connectivity index (χ2n) is 7.47. The molecule has 158 valence electrons. The molecular weight excluding hydrogens is 475 g/mol. The zero-order valence-electron chi connectivity index (χ0n) is 17.3. The highest BCUT2D eigenvalue weighted by Crippen LogP contribution is 2.20. The maximum atomic E-state index is 11.7. The second-order valence-corrected chi connectivity index (χ2v) is 7.47. The molecule has 1 aliphatic heterocycles. The Kier molecular flexibility index (Phi) is 10.2.